The number of carbonyl (C=O) groups excluding carboxylic acids is 1. The van der Waals surface area contributed by atoms with E-state index in [4.69, 9.17) is 15.2 Å². The summed E-state index contributed by atoms with van der Waals surface area (Å²) >= 11 is 1.23. The van der Waals surface area contributed by atoms with Gasteiger partial charge in [0.15, 0.2) is 11.6 Å². The van der Waals surface area contributed by atoms with E-state index in [2.05, 4.69) is 25.8 Å². The number of aromatic nitrogens is 2. The van der Waals surface area contributed by atoms with E-state index >= 15 is 0 Å². The minimum absolute atomic E-state index is 0.122. The zero-order valence-corrected chi connectivity index (χ0v) is 16.6. The Morgan fingerprint density at radius 1 is 1.48 bits per heavy atom. The highest BCUT2D eigenvalue weighted by Crippen LogP contribution is 2.37. The average molecular weight is 399 g/mol. The fraction of sp³-hybridized carbons (Fsp3) is 0.722. The van der Waals surface area contributed by atoms with Crippen LogP contribution in [0.25, 0.3) is 0 Å². The molecule has 1 aromatic rings. The molecule has 1 aliphatic heterocycles. The quantitative estimate of drug-likeness (QED) is 0.777. The van der Waals surface area contributed by atoms with Gasteiger partial charge in [-0.2, -0.15) is 4.98 Å². The Morgan fingerprint density at radius 2 is 2.22 bits per heavy atom. The Morgan fingerprint density at radius 3 is 2.93 bits per heavy atom. The number of hydrogen-bond acceptors (Lipinski definition) is 7. The van der Waals surface area contributed by atoms with Crippen LogP contribution in [0.2, 0.25) is 0 Å². The highest BCUT2D eigenvalue weighted by atomic mass is 32.2. The molecule has 0 spiro atoms. The van der Waals surface area contributed by atoms with Gasteiger partial charge in [0, 0.05) is 5.75 Å². The molecule has 1 aromatic heterocycles. The van der Waals surface area contributed by atoms with Crippen LogP contribution in [0.1, 0.15) is 46.3 Å². The summed E-state index contributed by atoms with van der Waals surface area (Å²) in [6.07, 6.45) is 3.09. The molecule has 9 heteroatoms. The number of anilines is 1. The van der Waals surface area contributed by atoms with E-state index in [1.807, 2.05) is 0 Å². The number of thioether (sulfide) groups is 1. The molecular weight excluding hydrogens is 373 g/mol. The Labute approximate surface area is 161 Å². The lowest BCUT2D eigenvalue weighted by Gasteiger charge is -2.37. The highest BCUT2D eigenvalue weighted by Gasteiger charge is 2.39. The fourth-order valence-corrected chi connectivity index (χ4v) is 4.76. The number of esters is 1. The molecule has 5 atom stereocenters. The number of carbonyl (C=O) groups is 1. The van der Waals surface area contributed by atoms with E-state index in [0.29, 0.717) is 23.5 Å². The van der Waals surface area contributed by atoms with Gasteiger partial charge in [-0.3, -0.25) is 4.57 Å². The third-order valence-electron chi connectivity index (χ3n) is 5.34. The van der Waals surface area contributed by atoms with Gasteiger partial charge in [0.1, 0.15) is 12.3 Å². The molecular formula is C18H26FN3O4S. The van der Waals surface area contributed by atoms with Crippen LogP contribution in [0.5, 0.6) is 0 Å². The zero-order chi connectivity index (χ0) is 19.7. The van der Waals surface area contributed by atoms with Gasteiger partial charge in [0.2, 0.25) is 5.44 Å². The standard InChI is InChI=1S/C18H26FN3O4S/c1-9(2)11-5-4-10(3)6-13(11)25-16(23)17-26-14(8-27-17)22-7-12(19)15(20)21-18(22)24/h7,9-11,13-14,17H,4-6,8H2,1-3H3,(H2,20,21,24)/t10-,11+,13-,14?,17-/m1/s1. The molecule has 150 valence electrons. The molecule has 7 nitrogen and oxygen atoms in total. The third-order valence-corrected chi connectivity index (χ3v) is 6.42. The van der Waals surface area contributed by atoms with Crippen LogP contribution in [0.15, 0.2) is 11.0 Å². The summed E-state index contributed by atoms with van der Waals surface area (Å²) in [5.74, 6) is -0.0872. The van der Waals surface area contributed by atoms with Gasteiger partial charge in [-0.05, 0) is 30.6 Å². The first-order chi connectivity index (χ1) is 12.8. The molecule has 0 aromatic carbocycles. The summed E-state index contributed by atoms with van der Waals surface area (Å²) in [5, 5.41) is 0. The van der Waals surface area contributed by atoms with Crippen LogP contribution in [0, 0.1) is 23.6 Å². The summed E-state index contributed by atoms with van der Waals surface area (Å²) in [6, 6.07) is 0. The summed E-state index contributed by atoms with van der Waals surface area (Å²) in [6.45, 7) is 6.46. The molecule has 2 aliphatic rings. The molecule has 1 unspecified atom stereocenters. The Balaban J connectivity index is 1.65. The van der Waals surface area contributed by atoms with E-state index in [9.17, 15) is 14.0 Å². The number of rotatable bonds is 4. The number of ether oxygens (including phenoxy) is 2. The van der Waals surface area contributed by atoms with Crippen molar-refractivity contribution >= 4 is 23.5 Å². The normalized spacial score (nSPS) is 31.2. The molecule has 0 amide bonds. The van der Waals surface area contributed by atoms with E-state index in [1.54, 1.807) is 0 Å². The van der Waals surface area contributed by atoms with Gasteiger partial charge in [0.25, 0.3) is 0 Å². The van der Waals surface area contributed by atoms with E-state index in [0.717, 1.165) is 30.0 Å². The SMILES string of the molecule is CC(C)[C@@H]1CC[C@@H](C)C[C@H]1OC(=O)[C@@H]1OC(n2cc(F)c(N)nc2=O)CS1. The molecule has 1 aliphatic carbocycles. The Kier molecular flexibility index (Phi) is 6.10. The van der Waals surface area contributed by atoms with Gasteiger partial charge < -0.3 is 15.2 Å². The zero-order valence-electron chi connectivity index (χ0n) is 15.8. The average Bonchev–Trinajstić information content (AvgIpc) is 3.08. The smallest absolute Gasteiger partial charge is 0.351 e. The molecule has 0 bridgehead atoms. The molecule has 27 heavy (non-hydrogen) atoms. The summed E-state index contributed by atoms with van der Waals surface area (Å²) in [4.78, 5) is 28.0. The number of hydrogen-bond donors (Lipinski definition) is 1. The lowest BCUT2D eigenvalue weighted by atomic mass is 9.75. The van der Waals surface area contributed by atoms with Gasteiger partial charge in [-0.1, -0.05) is 27.2 Å². The molecule has 2 fully saturated rings. The van der Waals surface area contributed by atoms with Crippen molar-refractivity contribution in [2.45, 2.75) is 57.8 Å². The maximum absolute atomic E-state index is 13.6. The van der Waals surface area contributed by atoms with Crippen LogP contribution in [0.3, 0.4) is 0 Å². The van der Waals surface area contributed by atoms with Crippen molar-refractivity contribution in [2.24, 2.45) is 17.8 Å². The molecule has 1 saturated heterocycles. The number of halogens is 1. The van der Waals surface area contributed by atoms with Crippen LogP contribution in [-0.2, 0) is 14.3 Å². The first kappa shape index (κ1) is 20.1. The van der Waals surface area contributed by atoms with Crippen molar-refractivity contribution in [1.29, 1.82) is 0 Å². The molecule has 1 saturated carbocycles. The van der Waals surface area contributed by atoms with Crippen LogP contribution < -0.4 is 11.4 Å². The second-order valence-corrected chi connectivity index (χ2v) is 8.82. The van der Waals surface area contributed by atoms with Crippen LogP contribution >= 0.6 is 11.8 Å². The third kappa shape index (κ3) is 4.45. The van der Waals surface area contributed by atoms with Crippen LogP contribution in [0.4, 0.5) is 10.2 Å². The van der Waals surface area contributed by atoms with Crippen molar-refractivity contribution in [1.82, 2.24) is 9.55 Å². The molecule has 2 N–H and O–H groups in total. The lowest BCUT2D eigenvalue weighted by Crippen LogP contribution is -2.38. The van der Waals surface area contributed by atoms with E-state index in [-0.39, 0.29) is 6.10 Å². The van der Waals surface area contributed by atoms with Crippen molar-refractivity contribution in [2.75, 3.05) is 11.5 Å². The highest BCUT2D eigenvalue weighted by molar-refractivity contribution is 8.00. The Bertz CT molecular complexity index is 757. The van der Waals surface area contributed by atoms with Gasteiger partial charge in [-0.15, -0.1) is 11.8 Å². The van der Waals surface area contributed by atoms with E-state index < -0.39 is 35.0 Å². The topological polar surface area (TPSA) is 96.4 Å². The largest absolute Gasteiger partial charge is 0.459 e. The summed E-state index contributed by atoms with van der Waals surface area (Å²) in [5.41, 5.74) is 3.74. The predicted molar refractivity (Wildman–Crippen MR) is 100 cm³/mol. The maximum Gasteiger partial charge on any atom is 0.351 e. The minimum atomic E-state index is -0.840. The van der Waals surface area contributed by atoms with Crippen molar-refractivity contribution in [3.63, 3.8) is 0 Å². The first-order valence-corrected chi connectivity index (χ1v) is 10.3. The van der Waals surface area contributed by atoms with E-state index in [1.165, 1.54) is 11.8 Å². The lowest BCUT2D eigenvalue weighted by molar-refractivity contribution is -0.166. The summed E-state index contributed by atoms with van der Waals surface area (Å²) < 4.78 is 26.1. The van der Waals surface area contributed by atoms with Gasteiger partial charge in [0.05, 0.1) is 6.20 Å². The Hall–Kier alpha value is -1.61. The number of nitrogen functional groups attached to an aromatic ring is 1. The molecule has 2 heterocycles. The summed E-state index contributed by atoms with van der Waals surface area (Å²) in [7, 11) is 0. The second kappa shape index (κ2) is 8.18. The van der Waals surface area contributed by atoms with Crippen LogP contribution in [-0.4, -0.2) is 32.8 Å². The molecule has 0 radical (unpaired) electrons. The predicted octanol–water partition coefficient (Wildman–Crippen LogP) is 2.56. The van der Waals surface area contributed by atoms with Crippen molar-refractivity contribution in [3.8, 4) is 0 Å². The number of nitrogens with zero attached hydrogens (tertiary/aromatic N) is 2. The van der Waals surface area contributed by atoms with Crippen molar-refractivity contribution in [3.05, 3.63) is 22.5 Å². The maximum atomic E-state index is 13.6. The van der Waals surface area contributed by atoms with Gasteiger partial charge in [-0.25, -0.2) is 14.0 Å². The van der Waals surface area contributed by atoms with Gasteiger partial charge >= 0.3 is 11.7 Å². The second-order valence-electron chi connectivity index (χ2n) is 7.72. The minimum Gasteiger partial charge on any atom is -0.459 e. The first-order valence-electron chi connectivity index (χ1n) is 9.28. The van der Waals surface area contributed by atoms with Crippen molar-refractivity contribution < 1.29 is 18.7 Å². The molecule has 3 rings (SSSR count). The number of nitrogens with two attached hydrogens (primary N) is 1. The fourth-order valence-electron chi connectivity index (χ4n) is 3.78. The monoisotopic (exact) mass is 399 g/mol.